The normalized spacial score (nSPS) is 12.1. The molecule has 0 fully saturated rings. The molecular weight excluding hydrogens is 375 g/mol. The SMILES string of the molecule is COc1cc(C)c(C(Cl)c2ccc(Br)c(Cl)c2)cc1OC. The van der Waals surface area contributed by atoms with Crippen LogP contribution in [0.5, 0.6) is 11.5 Å². The molecule has 112 valence electrons. The van der Waals surface area contributed by atoms with Crippen LogP contribution in [0.25, 0.3) is 0 Å². The first-order valence-electron chi connectivity index (χ1n) is 6.29. The molecule has 5 heteroatoms. The zero-order valence-corrected chi connectivity index (χ0v) is 15.0. The Hall–Kier alpha value is -0.900. The Morgan fingerprint density at radius 1 is 1.05 bits per heavy atom. The molecule has 0 aliphatic heterocycles. The van der Waals surface area contributed by atoms with Gasteiger partial charge in [0.2, 0.25) is 0 Å². The number of methoxy groups -OCH3 is 2. The molecule has 0 heterocycles. The van der Waals surface area contributed by atoms with Gasteiger partial charge in [-0.05, 0) is 63.8 Å². The van der Waals surface area contributed by atoms with E-state index in [1.165, 1.54) is 0 Å². The molecular formula is C16H15BrCl2O2. The molecule has 0 saturated heterocycles. The van der Waals surface area contributed by atoms with Gasteiger partial charge in [0.1, 0.15) is 0 Å². The molecule has 0 bridgehead atoms. The molecule has 2 aromatic carbocycles. The highest BCUT2D eigenvalue weighted by Gasteiger charge is 2.17. The van der Waals surface area contributed by atoms with Gasteiger partial charge in [0.15, 0.2) is 11.5 Å². The van der Waals surface area contributed by atoms with E-state index in [0.717, 1.165) is 21.2 Å². The largest absolute Gasteiger partial charge is 0.493 e. The third-order valence-corrected chi connectivity index (χ3v) is 5.00. The maximum atomic E-state index is 6.62. The predicted octanol–water partition coefficient (Wildman–Crippen LogP) is 5.76. The standard InChI is InChI=1S/C16H15BrCl2O2/c1-9-6-14(20-2)15(21-3)8-11(9)16(19)10-4-5-12(17)13(18)7-10/h4-8,16H,1-3H3. The van der Waals surface area contributed by atoms with Gasteiger partial charge in [-0.3, -0.25) is 0 Å². The van der Waals surface area contributed by atoms with Crippen molar-refractivity contribution in [3.05, 3.63) is 56.5 Å². The predicted molar refractivity (Wildman–Crippen MR) is 91.1 cm³/mol. The lowest BCUT2D eigenvalue weighted by Crippen LogP contribution is -2.00. The fourth-order valence-corrected chi connectivity index (χ4v) is 2.93. The van der Waals surface area contributed by atoms with Crippen molar-refractivity contribution in [2.75, 3.05) is 14.2 Å². The zero-order chi connectivity index (χ0) is 15.6. The van der Waals surface area contributed by atoms with Crippen molar-refractivity contribution in [2.24, 2.45) is 0 Å². The number of ether oxygens (including phenoxy) is 2. The molecule has 1 unspecified atom stereocenters. The topological polar surface area (TPSA) is 18.5 Å². The number of aryl methyl sites for hydroxylation is 1. The first-order valence-corrected chi connectivity index (χ1v) is 7.90. The summed E-state index contributed by atoms with van der Waals surface area (Å²) >= 11 is 16.1. The molecule has 0 aliphatic carbocycles. The number of benzene rings is 2. The van der Waals surface area contributed by atoms with E-state index in [0.29, 0.717) is 16.5 Å². The van der Waals surface area contributed by atoms with Crippen molar-refractivity contribution in [3.8, 4) is 11.5 Å². The summed E-state index contributed by atoms with van der Waals surface area (Å²) in [6.07, 6.45) is 0. The number of alkyl halides is 1. The van der Waals surface area contributed by atoms with Crippen molar-refractivity contribution in [1.29, 1.82) is 0 Å². The molecule has 0 radical (unpaired) electrons. The fourth-order valence-electron chi connectivity index (χ4n) is 2.12. The second-order valence-electron chi connectivity index (χ2n) is 4.60. The van der Waals surface area contributed by atoms with Gasteiger partial charge in [0, 0.05) is 4.47 Å². The molecule has 0 aliphatic rings. The van der Waals surface area contributed by atoms with E-state index in [1.807, 2.05) is 37.3 Å². The Morgan fingerprint density at radius 2 is 1.67 bits per heavy atom. The van der Waals surface area contributed by atoms with Crippen LogP contribution in [0.3, 0.4) is 0 Å². The summed E-state index contributed by atoms with van der Waals surface area (Å²) in [4.78, 5) is 0. The van der Waals surface area contributed by atoms with Gasteiger partial charge < -0.3 is 9.47 Å². The minimum Gasteiger partial charge on any atom is -0.493 e. The summed E-state index contributed by atoms with van der Waals surface area (Å²) in [6.45, 7) is 1.99. The van der Waals surface area contributed by atoms with E-state index in [2.05, 4.69) is 15.9 Å². The van der Waals surface area contributed by atoms with Crippen LogP contribution < -0.4 is 9.47 Å². The number of halogens is 3. The maximum absolute atomic E-state index is 6.62. The Labute approximate surface area is 143 Å². The third-order valence-electron chi connectivity index (χ3n) is 3.28. The highest BCUT2D eigenvalue weighted by atomic mass is 79.9. The number of rotatable bonds is 4. The van der Waals surface area contributed by atoms with Crippen LogP contribution in [0.2, 0.25) is 5.02 Å². The summed E-state index contributed by atoms with van der Waals surface area (Å²) in [5, 5.41) is 0.326. The first kappa shape index (κ1) is 16.5. The summed E-state index contributed by atoms with van der Waals surface area (Å²) < 4.78 is 11.5. The van der Waals surface area contributed by atoms with E-state index >= 15 is 0 Å². The van der Waals surface area contributed by atoms with Crippen LogP contribution in [-0.2, 0) is 0 Å². The molecule has 2 rings (SSSR count). The van der Waals surface area contributed by atoms with Gasteiger partial charge >= 0.3 is 0 Å². The Balaban J connectivity index is 2.47. The summed E-state index contributed by atoms with van der Waals surface area (Å²) in [7, 11) is 3.22. The van der Waals surface area contributed by atoms with Gasteiger partial charge in [-0.15, -0.1) is 11.6 Å². The molecule has 1 atom stereocenters. The zero-order valence-electron chi connectivity index (χ0n) is 11.9. The lowest BCUT2D eigenvalue weighted by molar-refractivity contribution is 0.354. The van der Waals surface area contributed by atoms with Crippen molar-refractivity contribution < 1.29 is 9.47 Å². The molecule has 0 N–H and O–H groups in total. The molecule has 2 nitrogen and oxygen atoms in total. The van der Waals surface area contributed by atoms with E-state index in [1.54, 1.807) is 14.2 Å². The van der Waals surface area contributed by atoms with E-state index in [4.69, 9.17) is 32.7 Å². The molecule has 21 heavy (non-hydrogen) atoms. The van der Waals surface area contributed by atoms with Gasteiger partial charge in [-0.25, -0.2) is 0 Å². The van der Waals surface area contributed by atoms with Gasteiger partial charge in [0.25, 0.3) is 0 Å². The van der Waals surface area contributed by atoms with Crippen molar-refractivity contribution in [2.45, 2.75) is 12.3 Å². The second-order valence-corrected chi connectivity index (χ2v) is 6.30. The average molecular weight is 390 g/mol. The highest BCUT2D eigenvalue weighted by Crippen LogP contribution is 2.39. The van der Waals surface area contributed by atoms with Crippen LogP contribution in [-0.4, -0.2) is 14.2 Å². The number of hydrogen-bond donors (Lipinski definition) is 0. The smallest absolute Gasteiger partial charge is 0.161 e. The Kier molecular flexibility index (Phi) is 5.42. The van der Waals surface area contributed by atoms with Crippen LogP contribution in [0, 0.1) is 6.92 Å². The monoisotopic (exact) mass is 388 g/mol. The molecule has 0 saturated carbocycles. The lowest BCUT2D eigenvalue weighted by atomic mass is 9.99. The molecule has 0 amide bonds. The molecule has 0 spiro atoms. The van der Waals surface area contributed by atoms with Gasteiger partial charge in [0.05, 0.1) is 24.6 Å². The lowest BCUT2D eigenvalue weighted by Gasteiger charge is -2.17. The van der Waals surface area contributed by atoms with Crippen LogP contribution in [0.15, 0.2) is 34.8 Å². The Morgan fingerprint density at radius 3 is 2.24 bits per heavy atom. The maximum Gasteiger partial charge on any atom is 0.161 e. The minimum absolute atomic E-state index is 0.310. The summed E-state index contributed by atoms with van der Waals surface area (Å²) in [5.41, 5.74) is 2.93. The highest BCUT2D eigenvalue weighted by molar-refractivity contribution is 9.10. The molecule has 2 aromatic rings. The second kappa shape index (κ2) is 6.91. The van der Waals surface area contributed by atoms with E-state index in [9.17, 15) is 0 Å². The minimum atomic E-state index is -0.310. The molecule has 0 aromatic heterocycles. The van der Waals surface area contributed by atoms with Crippen LogP contribution in [0.4, 0.5) is 0 Å². The summed E-state index contributed by atoms with van der Waals surface area (Å²) in [6, 6.07) is 9.53. The number of hydrogen-bond acceptors (Lipinski definition) is 2. The summed E-state index contributed by atoms with van der Waals surface area (Å²) in [5.74, 6) is 1.35. The van der Waals surface area contributed by atoms with Crippen molar-refractivity contribution in [1.82, 2.24) is 0 Å². The van der Waals surface area contributed by atoms with E-state index < -0.39 is 0 Å². The van der Waals surface area contributed by atoms with Gasteiger partial charge in [-0.1, -0.05) is 17.7 Å². The third kappa shape index (κ3) is 3.47. The van der Waals surface area contributed by atoms with Crippen LogP contribution in [0.1, 0.15) is 22.1 Å². The van der Waals surface area contributed by atoms with E-state index in [-0.39, 0.29) is 5.38 Å². The fraction of sp³-hybridized carbons (Fsp3) is 0.250. The van der Waals surface area contributed by atoms with Gasteiger partial charge in [-0.2, -0.15) is 0 Å². The Bertz CT molecular complexity index is 659. The van der Waals surface area contributed by atoms with Crippen molar-refractivity contribution in [3.63, 3.8) is 0 Å². The average Bonchev–Trinajstić information content (AvgIpc) is 2.49. The van der Waals surface area contributed by atoms with Crippen molar-refractivity contribution >= 4 is 39.1 Å². The first-order chi connectivity index (χ1) is 9.97. The van der Waals surface area contributed by atoms with Crippen LogP contribution >= 0.6 is 39.1 Å². The quantitative estimate of drug-likeness (QED) is 0.619.